The van der Waals surface area contributed by atoms with Crippen LogP contribution < -0.4 is 5.73 Å². The van der Waals surface area contributed by atoms with Crippen molar-refractivity contribution in [3.63, 3.8) is 0 Å². The van der Waals surface area contributed by atoms with Gasteiger partial charge in [0.15, 0.2) is 0 Å². The van der Waals surface area contributed by atoms with Crippen LogP contribution in [0, 0.1) is 5.92 Å². The van der Waals surface area contributed by atoms with Gasteiger partial charge in [-0.1, -0.05) is 6.92 Å². The fourth-order valence-electron chi connectivity index (χ4n) is 2.25. The summed E-state index contributed by atoms with van der Waals surface area (Å²) in [5, 5.41) is 8.94. The van der Waals surface area contributed by atoms with Crippen LogP contribution in [-0.4, -0.2) is 40.5 Å². The normalized spacial score (nSPS) is 26.6. The lowest BCUT2D eigenvalue weighted by Gasteiger charge is -2.36. The summed E-state index contributed by atoms with van der Waals surface area (Å²) in [6.45, 7) is 4.40. The number of piperidine rings is 1. The van der Waals surface area contributed by atoms with Crippen LogP contribution in [0.4, 0.5) is 0 Å². The number of carbonyl (C=O) groups excluding carboxylic acids is 1. The number of aliphatic carboxylic acids is 1. The second-order valence-corrected chi connectivity index (χ2v) is 4.87. The molecular weight excluding hydrogens is 220 g/mol. The molecule has 3 unspecified atom stereocenters. The van der Waals surface area contributed by atoms with Gasteiger partial charge in [0, 0.05) is 25.0 Å². The maximum Gasteiger partial charge on any atom is 0.306 e. The maximum atomic E-state index is 12.0. The molecule has 1 aliphatic heterocycles. The van der Waals surface area contributed by atoms with Gasteiger partial charge in [0.05, 0.1) is 5.92 Å². The molecule has 0 bridgehead atoms. The van der Waals surface area contributed by atoms with Crippen molar-refractivity contribution in [1.29, 1.82) is 0 Å². The minimum absolute atomic E-state index is 0.00130. The van der Waals surface area contributed by atoms with Crippen LogP contribution in [0.2, 0.25) is 0 Å². The van der Waals surface area contributed by atoms with Crippen molar-refractivity contribution in [1.82, 2.24) is 4.90 Å². The van der Waals surface area contributed by atoms with E-state index >= 15 is 0 Å². The van der Waals surface area contributed by atoms with Crippen molar-refractivity contribution in [3.05, 3.63) is 0 Å². The molecule has 1 amide bonds. The average Bonchev–Trinajstić information content (AvgIpc) is 2.28. The van der Waals surface area contributed by atoms with Crippen molar-refractivity contribution in [2.75, 3.05) is 6.54 Å². The van der Waals surface area contributed by atoms with E-state index in [4.69, 9.17) is 10.8 Å². The Hall–Kier alpha value is -1.10. The molecule has 0 aromatic rings. The molecule has 1 rings (SSSR count). The fourth-order valence-corrected chi connectivity index (χ4v) is 2.25. The molecular formula is C12H22N2O3. The molecule has 1 fully saturated rings. The van der Waals surface area contributed by atoms with Gasteiger partial charge in [-0.2, -0.15) is 0 Å². The van der Waals surface area contributed by atoms with Crippen LogP contribution in [0.25, 0.3) is 0 Å². The molecule has 0 aromatic heterocycles. The summed E-state index contributed by atoms with van der Waals surface area (Å²) in [4.78, 5) is 24.6. The molecule has 0 aromatic carbocycles. The average molecular weight is 242 g/mol. The first-order valence-corrected chi connectivity index (χ1v) is 6.23. The van der Waals surface area contributed by atoms with Crippen LogP contribution in [0.15, 0.2) is 0 Å². The van der Waals surface area contributed by atoms with Gasteiger partial charge in [-0.05, 0) is 26.2 Å². The van der Waals surface area contributed by atoms with Crippen LogP contribution in [0.3, 0.4) is 0 Å². The number of amides is 1. The van der Waals surface area contributed by atoms with Crippen LogP contribution in [0.1, 0.15) is 39.5 Å². The third kappa shape index (κ3) is 3.70. The Balaban J connectivity index is 2.51. The molecule has 17 heavy (non-hydrogen) atoms. The highest BCUT2D eigenvalue weighted by molar-refractivity contribution is 5.78. The number of hydrogen-bond acceptors (Lipinski definition) is 3. The number of carboxylic acids is 1. The van der Waals surface area contributed by atoms with Crippen molar-refractivity contribution in [3.8, 4) is 0 Å². The topological polar surface area (TPSA) is 83.6 Å². The van der Waals surface area contributed by atoms with Crippen LogP contribution >= 0.6 is 0 Å². The first-order valence-electron chi connectivity index (χ1n) is 6.23. The Morgan fingerprint density at radius 1 is 1.53 bits per heavy atom. The zero-order valence-electron chi connectivity index (χ0n) is 10.6. The standard InChI is InChI=1S/C12H22N2O3/c1-3-10(13)7-11(15)14-5-4-9(12(16)17)6-8(14)2/h8-10H,3-7,13H2,1-2H3,(H,16,17). The number of nitrogens with zero attached hydrogens (tertiary/aromatic N) is 1. The molecule has 1 heterocycles. The van der Waals surface area contributed by atoms with E-state index in [-0.39, 0.29) is 23.9 Å². The van der Waals surface area contributed by atoms with Crippen molar-refractivity contribution >= 4 is 11.9 Å². The highest BCUT2D eigenvalue weighted by atomic mass is 16.4. The monoisotopic (exact) mass is 242 g/mol. The van der Waals surface area contributed by atoms with Crippen molar-refractivity contribution < 1.29 is 14.7 Å². The molecule has 98 valence electrons. The van der Waals surface area contributed by atoms with Crippen molar-refractivity contribution in [2.45, 2.75) is 51.6 Å². The number of rotatable bonds is 4. The van der Waals surface area contributed by atoms with E-state index < -0.39 is 5.97 Å². The van der Waals surface area contributed by atoms with Gasteiger partial charge in [0.2, 0.25) is 5.91 Å². The second kappa shape index (κ2) is 6.00. The molecule has 0 aliphatic carbocycles. The molecule has 1 saturated heterocycles. The van der Waals surface area contributed by atoms with Crippen LogP contribution in [0.5, 0.6) is 0 Å². The Labute approximate surface area is 102 Å². The summed E-state index contributed by atoms with van der Waals surface area (Å²) < 4.78 is 0. The number of likely N-dealkylation sites (tertiary alicyclic amines) is 1. The van der Waals surface area contributed by atoms with E-state index in [0.29, 0.717) is 25.8 Å². The third-order valence-corrected chi connectivity index (χ3v) is 3.51. The van der Waals surface area contributed by atoms with Crippen molar-refractivity contribution in [2.24, 2.45) is 11.7 Å². The quantitative estimate of drug-likeness (QED) is 0.764. The number of carbonyl (C=O) groups is 2. The molecule has 3 N–H and O–H groups in total. The van der Waals surface area contributed by atoms with Gasteiger partial charge >= 0.3 is 5.97 Å². The summed E-state index contributed by atoms with van der Waals surface area (Å²) >= 11 is 0. The predicted octanol–water partition coefficient (Wildman–Crippen LogP) is 0.826. The lowest BCUT2D eigenvalue weighted by molar-refractivity contribution is -0.147. The Morgan fingerprint density at radius 3 is 2.65 bits per heavy atom. The van der Waals surface area contributed by atoms with Gasteiger partial charge in [-0.15, -0.1) is 0 Å². The van der Waals surface area contributed by atoms with Gasteiger partial charge in [-0.25, -0.2) is 0 Å². The van der Waals surface area contributed by atoms with E-state index in [1.165, 1.54) is 0 Å². The lowest BCUT2D eigenvalue weighted by Crippen LogP contribution is -2.47. The highest BCUT2D eigenvalue weighted by Gasteiger charge is 2.32. The molecule has 1 aliphatic rings. The summed E-state index contributed by atoms with van der Waals surface area (Å²) in [6.07, 6.45) is 2.24. The van der Waals surface area contributed by atoms with E-state index in [1.54, 1.807) is 4.90 Å². The molecule has 0 radical (unpaired) electrons. The van der Waals surface area contributed by atoms with Crippen LogP contribution in [-0.2, 0) is 9.59 Å². The number of nitrogens with two attached hydrogens (primary N) is 1. The Bertz CT molecular complexity index is 293. The summed E-state index contributed by atoms with van der Waals surface area (Å²) in [5.74, 6) is -1.02. The Morgan fingerprint density at radius 2 is 2.18 bits per heavy atom. The largest absolute Gasteiger partial charge is 0.481 e. The van der Waals surface area contributed by atoms with Gasteiger partial charge in [0.1, 0.15) is 0 Å². The fraction of sp³-hybridized carbons (Fsp3) is 0.833. The maximum absolute atomic E-state index is 12.0. The number of hydrogen-bond donors (Lipinski definition) is 2. The van der Waals surface area contributed by atoms with Gasteiger partial charge in [-0.3, -0.25) is 9.59 Å². The first-order chi connectivity index (χ1) is 7.95. The summed E-state index contributed by atoms with van der Waals surface area (Å²) in [6, 6.07) is -0.0895. The van der Waals surface area contributed by atoms with Gasteiger partial charge in [0.25, 0.3) is 0 Å². The number of carboxylic acid groups (broad SMARTS) is 1. The summed E-state index contributed by atoms with van der Waals surface area (Å²) in [5.41, 5.74) is 5.76. The van der Waals surface area contributed by atoms with E-state index in [2.05, 4.69) is 0 Å². The minimum atomic E-state index is -0.755. The second-order valence-electron chi connectivity index (χ2n) is 4.87. The smallest absolute Gasteiger partial charge is 0.306 e. The van der Waals surface area contributed by atoms with E-state index in [9.17, 15) is 9.59 Å². The molecule has 5 nitrogen and oxygen atoms in total. The molecule has 3 atom stereocenters. The Kier molecular flexibility index (Phi) is 4.93. The van der Waals surface area contributed by atoms with E-state index in [1.807, 2.05) is 13.8 Å². The zero-order valence-corrected chi connectivity index (χ0v) is 10.6. The molecule has 0 spiro atoms. The van der Waals surface area contributed by atoms with Gasteiger partial charge < -0.3 is 15.7 Å². The minimum Gasteiger partial charge on any atom is -0.481 e. The van der Waals surface area contributed by atoms with E-state index in [0.717, 1.165) is 6.42 Å². The summed E-state index contributed by atoms with van der Waals surface area (Å²) in [7, 11) is 0. The highest BCUT2D eigenvalue weighted by Crippen LogP contribution is 2.23. The SMILES string of the molecule is CCC(N)CC(=O)N1CCC(C(=O)O)CC1C. The third-order valence-electron chi connectivity index (χ3n) is 3.51. The predicted molar refractivity (Wildman–Crippen MR) is 64.4 cm³/mol. The lowest BCUT2D eigenvalue weighted by atomic mass is 9.91. The first kappa shape index (κ1) is 14.0. The molecule has 0 saturated carbocycles. The molecule has 5 heteroatoms. The zero-order chi connectivity index (χ0) is 13.0.